The van der Waals surface area contributed by atoms with E-state index in [1.165, 1.54) is 5.69 Å². The molecule has 2 heterocycles. The number of aryl methyl sites for hydroxylation is 2. The summed E-state index contributed by atoms with van der Waals surface area (Å²) in [6.07, 6.45) is 4.94. The van der Waals surface area contributed by atoms with Gasteiger partial charge in [0.1, 0.15) is 0 Å². The van der Waals surface area contributed by atoms with Gasteiger partial charge in [-0.1, -0.05) is 6.92 Å². The molecule has 5 heteroatoms. The number of nitrogens with zero attached hydrogens (tertiary/aromatic N) is 4. The lowest BCUT2D eigenvalue weighted by atomic mass is 10.2. The van der Waals surface area contributed by atoms with Crippen LogP contribution in [0.15, 0.2) is 18.5 Å². The molecule has 0 fully saturated rings. The first kappa shape index (κ1) is 12.7. The zero-order chi connectivity index (χ0) is 13.1. The second-order valence-electron chi connectivity index (χ2n) is 4.68. The maximum Gasteiger partial charge on any atom is 0.0825 e. The fraction of sp³-hybridized carbons (Fsp3) is 0.538. The highest BCUT2D eigenvalue weighted by Gasteiger charge is 2.09. The van der Waals surface area contributed by atoms with E-state index >= 15 is 0 Å². The van der Waals surface area contributed by atoms with Crippen LogP contribution in [0.1, 0.15) is 37.7 Å². The lowest BCUT2D eigenvalue weighted by molar-refractivity contribution is 0.462. The number of rotatable bonds is 5. The van der Waals surface area contributed by atoms with Crippen molar-refractivity contribution in [1.82, 2.24) is 19.6 Å². The predicted octanol–water partition coefficient (Wildman–Crippen LogP) is 2.51. The third kappa shape index (κ3) is 2.55. The zero-order valence-corrected chi connectivity index (χ0v) is 11.5. The van der Waals surface area contributed by atoms with Gasteiger partial charge in [-0.25, -0.2) is 0 Å². The Morgan fingerprint density at radius 2 is 2.22 bits per heavy atom. The van der Waals surface area contributed by atoms with Crippen LogP contribution in [0.5, 0.6) is 0 Å². The molecular formula is C13H21N5. The van der Waals surface area contributed by atoms with E-state index in [-0.39, 0.29) is 0 Å². The highest BCUT2D eigenvalue weighted by atomic mass is 15.3. The molecule has 1 N–H and O–H groups in total. The van der Waals surface area contributed by atoms with Crippen molar-refractivity contribution in [1.29, 1.82) is 0 Å². The molecule has 0 saturated carbocycles. The number of nitrogens with one attached hydrogen (secondary N) is 1. The van der Waals surface area contributed by atoms with Crippen molar-refractivity contribution in [3.8, 4) is 0 Å². The molecule has 18 heavy (non-hydrogen) atoms. The second kappa shape index (κ2) is 5.25. The van der Waals surface area contributed by atoms with E-state index < -0.39 is 0 Å². The van der Waals surface area contributed by atoms with E-state index in [1.54, 1.807) is 0 Å². The van der Waals surface area contributed by atoms with E-state index in [9.17, 15) is 0 Å². The van der Waals surface area contributed by atoms with Gasteiger partial charge in [0.15, 0.2) is 0 Å². The molecule has 0 spiro atoms. The molecule has 5 nitrogen and oxygen atoms in total. The van der Waals surface area contributed by atoms with Crippen LogP contribution in [0.4, 0.5) is 5.69 Å². The van der Waals surface area contributed by atoms with Crippen LogP contribution in [0, 0.1) is 6.92 Å². The second-order valence-corrected chi connectivity index (χ2v) is 4.68. The summed E-state index contributed by atoms with van der Waals surface area (Å²) < 4.78 is 3.91. The first-order valence-corrected chi connectivity index (χ1v) is 6.38. The van der Waals surface area contributed by atoms with Gasteiger partial charge >= 0.3 is 0 Å². The minimum atomic E-state index is 0.437. The van der Waals surface area contributed by atoms with Crippen molar-refractivity contribution in [2.24, 2.45) is 7.05 Å². The molecule has 0 radical (unpaired) electrons. The normalized spacial score (nSPS) is 12.7. The van der Waals surface area contributed by atoms with Crippen molar-refractivity contribution in [3.05, 3.63) is 29.8 Å². The summed E-state index contributed by atoms with van der Waals surface area (Å²) >= 11 is 0. The summed E-state index contributed by atoms with van der Waals surface area (Å²) in [5, 5.41) is 12.1. The third-order valence-electron chi connectivity index (χ3n) is 3.23. The first-order chi connectivity index (χ1) is 8.61. The Bertz CT molecular complexity index is 511. The maximum absolute atomic E-state index is 4.38. The largest absolute Gasteiger partial charge is 0.377 e. The van der Waals surface area contributed by atoms with Gasteiger partial charge in [0.25, 0.3) is 0 Å². The van der Waals surface area contributed by atoms with Crippen LogP contribution in [-0.2, 0) is 13.6 Å². The maximum atomic E-state index is 4.38. The van der Waals surface area contributed by atoms with Gasteiger partial charge in [0.05, 0.1) is 23.6 Å². The van der Waals surface area contributed by atoms with Crippen LogP contribution in [0.2, 0.25) is 0 Å². The molecule has 0 saturated heterocycles. The molecule has 0 aliphatic carbocycles. The van der Waals surface area contributed by atoms with Crippen LogP contribution in [0.25, 0.3) is 0 Å². The minimum Gasteiger partial charge on any atom is -0.377 e. The van der Waals surface area contributed by atoms with Crippen molar-refractivity contribution < 1.29 is 0 Å². The minimum absolute atomic E-state index is 0.437. The summed E-state index contributed by atoms with van der Waals surface area (Å²) in [4.78, 5) is 0. The van der Waals surface area contributed by atoms with Crippen LogP contribution in [0.3, 0.4) is 0 Å². The zero-order valence-electron chi connectivity index (χ0n) is 11.5. The van der Waals surface area contributed by atoms with Crippen molar-refractivity contribution >= 4 is 5.69 Å². The molecule has 2 rings (SSSR count). The van der Waals surface area contributed by atoms with Gasteiger partial charge in [0.2, 0.25) is 0 Å². The highest BCUT2D eigenvalue weighted by molar-refractivity contribution is 5.45. The predicted molar refractivity (Wildman–Crippen MR) is 72.5 cm³/mol. The van der Waals surface area contributed by atoms with E-state index in [1.807, 2.05) is 31.0 Å². The van der Waals surface area contributed by atoms with Gasteiger partial charge in [-0.05, 0) is 26.3 Å². The standard InChI is InChI=1S/C13H21N5/c1-5-10(2)18-12(6-7-15-18)8-14-13-9-17(4)16-11(13)3/h6-7,9-10,14H,5,8H2,1-4H3/t10-/m0/s1. The van der Waals surface area contributed by atoms with E-state index in [2.05, 4.69) is 40.1 Å². The number of anilines is 1. The monoisotopic (exact) mass is 247 g/mol. The molecule has 0 aliphatic rings. The van der Waals surface area contributed by atoms with E-state index in [4.69, 9.17) is 0 Å². The molecule has 2 aromatic rings. The lowest BCUT2D eigenvalue weighted by Crippen LogP contribution is -2.12. The molecule has 0 aliphatic heterocycles. The SMILES string of the molecule is CC[C@H](C)n1nccc1CNc1cn(C)nc1C. The average Bonchev–Trinajstić information content (AvgIpc) is 2.92. The summed E-state index contributed by atoms with van der Waals surface area (Å²) in [7, 11) is 1.93. The van der Waals surface area contributed by atoms with Gasteiger partial charge in [0, 0.05) is 25.5 Å². The van der Waals surface area contributed by atoms with Gasteiger partial charge < -0.3 is 5.32 Å². The molecule has 0 amide bonds. The fourth-order valence-corrected chi connectivity index (χ4v) is 2.01. The Balaban J connectivity index is 2.06. The molecule has 0 bridgehead atoms. The Morgan fingerprint density at radius 1 is 1.44 bits per heavy atom. The average molecular weight is 247 g/mol. The summed E-state index contributed by atoms with van der Waals surface area (Å²) in [5.74, 6) is 0. The quantitative estimate of drug-likeness (QED) is 0.883. The van der Waals surface area contributed by atoms with E-state index in [0.717, 1.165) is 24.3 Å². The molecule has 98 valence electrons. The molecule has 0 aromatic carbocycles. The van der Waals surface area contributed by atoms with Crippen molar-refractivity contribution in [2.75, 3.05) is 5.32 Å². The molecule has 2 aromatic heterocycles. The Hall–Kier alpha value is -1.78. The topological polar surface area (TPSA) is 47.7 Å². The lowest BCUT2D eigenvalue weighted by Gasteiger charge is -2.14. The highest BCUT2D eigenvalue weighted by Crippen LogP contribution is 2.16. The van der Waals surface area contributed by atoms with Crippen LogP contribution in [-0.4, -0.2) is 19.6 Å². The molecular weight excluding hydrogens is 226 g/mol. The summed E-state index contributed by atoms with van der Waals surface area (Å²) in [6, 6.07) is 2.50. The van der Waals surface area contributed by atoms with Gasteiger partial charge in [-0.15, -0.1) is 0 Å². The van der Waals surface area contributed by atoms with Gasteiger partial charge in [-0.2, -0.15) is 10.2 Å². The third-order valence-corrected chi connectivity index (χ3v) is 3.23. The van der Waals surface area contributed by atoms with Crippen LogP contribution < -0.4 is 5.32 Å². The fourth-order valence-electron chi connectivity index (χ4n) is 2.01. The number of hydrogen-bond donors (Lipinski definition) is 1. The number of hydrogen-bond acceptors (Lipinski definition) is 3. The van der Waals surface area contributed by atoms with Gasteiger partial charge in [-0.3, -0.25) is 9.36 Å². The molecule has 0 unspecified atom stereocenters. The Morgan fingerprint density at radius 3 is 2.83 bits per heavy atom. The summed E-state index contributed by atoms with van der Waals surface area (Å²) in [5.41, 5.74) is 3.30. The first-order valence-electron chi connectivity index (χ1n) is 6.38. The Labute approximate surface area is 108 Å². The molecule has 1 atom stereocenters. The summed E-state index contributed by atoms with van der Waals surface area (Å²) in [6.45, 7) is 7.14. The van der Waals surface area contributed by atoms with E-state index in [0.29, 0.717) is 6.04 Å². The van der Waals surface area contributed by atoms with Crippen molar-refractivity contribution in [2.45, 2.75) is 39.8 Å². The smallest absolute Gasteiger partial charge is 0.0825 e. The van der Waals surface area contributed by atoms with Crippen molar-refractivity contribution in [3.63, 3.8) is 0 Å². The Kier molecular flexibility index (Phi) is 3.69. The number of aromatic nitrogens is 4. The van der Waals surface area contributed by atoms with Crippen LogP contribution >= 0.6 is 0 Å².